The number of hydrogen-bond donors (Lipinski definition) is 6. The van der Waals surface area contributed by atoms with Gasteiger partial charge < -0.3 is 45.1 Å². The topological polar surface area (TPSA) is 175 Å². The molecule has 1 fully saturated rings. The van der Waals surface area contributed by atoms with E-state index in [1.165, 1.54) is 231 Å². The van der Waals surface area contributed by atoms with Crippen LogP contribution in [-0.4, -0.2) is 99.6 Å². The molecule has 498 valence electrons. The Kier molecular flexibility index (Phi) is 58.7. The van der Waals surface area contributed by atoms with E-state index in [2.05, 4.69) is 62.5 Å². The SMILES string of the molecule is CCCCC/C=C\C/C=C\CCCCCCCCCCC(O)C(=O)NC(COC1OC(CO)C(O)C(O)C1OC(=O)CCCCCCCCCCCCCCCCCCC/C=C/CCCCCCCC)C(O)/C=C/CCCCCCCCCCC. The summed E-state index contributed by atoms with van der Waals surface area (Å²) in [5.41, 5.74) is 0. The van der Waals surface area contributed by atoms with E-state index in [1.54, 1.807) is 6.08 Å². The van der Waals surface area contributed by atoms with Crippen LogP contribution in [0, 0.1) is 0 Å². The molecule has 0 bridgehead atoms. The zero-order valence-corrected chi connectivity index (χ0v) is 55.5. The molecule has 0 aromatic rings. The first-order valence-electron chi connectivity index (χ1n) is 36.4. The Bertz CT molecular complexity index is 1570. The van der Waals surface area contributed by atoms with Crippen molar-refractivity contribution in [2.75, 3.05) is 13.2 Å². The maximum Gasteiger partial charge on any atom is 0.306 e. The summed E-state index contributed by atoms with van der Waals surface area (Å²) in [7, 11) is 0. The number of aliphatic hydroxyl groups excluding tert-OH is 5. The summed E-state index contributed by atoms with van der Waals surface area (Å²) in [5, 5.41) is 57.2. The zero-order valence-electron chi connectivity index (χ0n) is 55.5. The third kappa shape index (κ3) is 49.1. The van der Waals surface area contributed by atoms with Crippen LogP contribution in [0.3, 0.4) is 0 Å². The molecular weight excluding hydrogens is 1060 g/mol. The third-order valence-electron chi connectivity index (χ3n) is 17.2. The normalized spacial score (nSPS) is 18.6. The molecule has 1 aliphatic heterocycles. The molecule has 0 spiro atoms. The molecule has 6 N–H and O–H groups in total. The van der Waals surface area contributed by atoms with E-state index in [0.29, 0.717) is 12.8 Å². The molecule has 1 saturated heterocycles. The summed E-state index contributed by atoms with van der Waals surface area (Å²) < 4.78 is 17.7. The first kappa shape index (κ1) is 80.6. The lowest BCUT2D eigenvalue weighted by Crippen LogP contribution is -2.61. The third-order valence-corrected chi connectivity index (χ3v) is 17.2. The van der Waals surface area contributed by atoms with Crippen molar-refractivity contribution in [3.8, 4) is 0 Å². The van der Waals surface area contributed by atoms with Gasteiger partial charge in [-0.15, -0.1) is 0 Å². The second-order valence-electron chi connectivity index (χ2n) is 25.3. The summed E-state index contributed by atoms with van der Waals surface area (Å²) in [6, 6.07) is -1.03. The highest BCUT2D eigenvalue weighted by Gasteiger charge is 2.47. The second-order valence-corrected chi connectivity index (χ2v) is 25.3. The van der Waals surface area contributed by atoms with E-state index in [-0.39, 0.29) is 19.4 Å². The van der Waals surface area contributed by atoms with Gasteiger partial charge in [-0.1, -0.05) is 307 Å². The maximum absolute atomic E-state index is 13.5. The predicted molar refractivity (Wildman–Crippen MR) is 357 cm³/mol. The van der Waals surface area contributed by atoms with Gasteiger partial charge in [0.15, 0.2) is 12.4 Å². The van der Waals surface area contributed by atoms with Crippen molar-refractivity contribution in [2.45, 2.75) is 397 Å². The number of rotatable bonds is 63. The molecule has 1 aliphatic rings. The van der Waals surface area contributed by atoms with Crippen LogP contribution in [0.2, 0.25) is 0 Å². The monoisotopic (exact) mass is 1200 g/mol. The highest BCUT2D eigenvalue weighted by Crippen LogP contribution is 2.26. The summed E-state index contributed by atoms with van der Waals surface area (Å²) in [5.74, 6) is -1.19. The molecule has 1 rings (SSSR count). The lowest BCUT2D eigenvalue weighted by Gasteiger charge is -2.41. The smallest absolute Gasteiger partial charge is 0.306 e. The number of aliphatic hydroxyl groups is 5. The Morgan fingerprint density at radius 2 is 0.812 bits per heavy atom. The van der Waals surface area contributed by atoms with Crippen LogP contribution in [-0.2, 0) is 23.8 Å². The quantitative estimate of drug-likeness (QED) is 0.0195. The van der Waals surface area contributed by atoms with Crippen LogP contribution in [0.4, 0.5) is 0 Å². The molecule has 11 heteroatoms. The highest BCUT2D eigenvalue weighted by molar-refractivity contribution is 5.80. The predicted octanol–water partition coefficient (Wildman–Crippen LogP) is 18.7. The van der Waals surface area contributed by atoms with Crippen LogP contribution < -0.4 is 5.32 Å². The van der Waals surface area contributed by atoms with Crippen molar-refractivity contribution >= 4 is 11.9 Å². The molecule has 1 heterocycles. The zero-order chi connectivity index (χ0) is 61.7. The fourth-order valence-corrected chi connectivity index (χ4v) is 11.4. The molecular formula is C74H137NO10. The average molecular weight is 1200 g/mol. The molecule has 0 aromatic carbocycles. The molecule has 0 aromatic heterocycles. The van der Waals surface area contributed by atoms with E-state index in [0.717, 1.165) is 70.6 Å². The fraction of sp³-hybridized carbons (Fsp3) is 0.865. The van der Waals surface area contributed by atoms with Gasteiger partial charge >= 0.3 is 5.97 Å². The minimum atomic E-state index is -1.61. The van der Waals surface area contributed by atoms with Gasteiger partial charge in [0.2, 0.25) is 5.91 Å². The van der Waals surface area contributed by atoms with Crippen molar-refractivity contribution in [3.63, 3.8) is 0 Å². The van der Waals surface area contributed by atoms with Gasteiger partial charge in [-0.2, -0.15) is 0 Å². The molecule has 8 unspecified atom stereocenters. The highest BCUT2D eigenvalue weighted by atomic mass is 16.7. The van der Waals surface area contributed by atoms with Gasteiger partial charge in [-0.05, 0) is 83.5 Å². The lowest BCUT2D eigenvalue weighted by molar-refractivity contribution is -0.305. The van der Waals surface area contributed by atoms with Gasteiger partial charge in [0.1, 0.15) is 24.4 Å². The van der Waals surface area contributed by atoms with Crippen molar-refractivity contribution in [2.24, 2.45) is 0 Å². The fourth-order valence-electron chi connectivity index (χ4n) is 11.4. The van der Waals surface area contributed by atoms with Crippen LogP contribution in [0.5, 0.6) is 0 Å². The van der Waals surface area contributed by atoms with Crippen molar-refractivity contribution in [3.05, 3.63) is 48.6 Å². The Hall–Kier alpha value is -2.38. The number of esters is 1. The molecule has 0 radical (unpaired) electrons. The van der Waals surface area contributed by atoms with Gasteiger partial charge in [-0.25, -0.2) is 0 Å². The number of carbonyl (C=O) groups excluding carboxylic acids is 2. The maximum atomic E-state index is 13.5. The van der Waals surface area contributed by atoms with Crippen LogP contribution >= 0.6 is 0 Å². The van der Waals surface area contributed by atoms with Crippen molar-refractivity contribution in [1.29, 1.82) is 0 Å². The Morgan fingerprint density at radius 3 is 1.24 bits per heavy atom. The molecule has 85 heavy (non-hydrogen) atoms. The minimum Gasteiger partial charge on any atom is -0.454 e. The van der Waals surface area contributed by atoms with E-state index in [9.17, 15) is 35.1 Å². The molecule has 1 amide bonds. The standard InChI is InChI=1S/C74H137NO10/c1-4-7-10-13-16-19-22-24-26-28-30-31-32-33-34-35-36-37-38-40-42-44-47-50-53-56-59-62-69(79)85-72-71(81)70(80)68(63-76)84-74(72)83-64-65(66(77)60-57-54-51-48-45-21-18-15-12-9-6-3)75-73(82)67(78)61-58-55-52-49-46-43-41-39-29-27-25-23-20-17-14-11-8-5-2/h17,20,24-27,57,60,65-68,70-72,74,76-78,80-81H,4-16,18-19,21-23,28-56,58-59,61-64H2,1-3H3,(H,75,82)/b20-17-,26-24+,27-25-,60-57+. The Morgan fingerprint density at radius 1 is 0.459 bits per heavy atom. The van der Waals surface area contributed by atoms with Gasteiger partial charge in [0.05, 0.1) is 25.4 Å². The van der Waals surface area contributed by atoms with Crippen LogP contribution in [0.1, 0.15) is 348 Å². The van der Waals surface area contributed by atoms with Gasteiger partial charge in [-0.3, -0.25) is 9.59 Å². The van der Waals surface area contributed by atoms with Crippen molar-refractivity contribution < 1.29 is 49.3 Å². The summed E-state index contributed by atoms with van der Waals surface area (Å²) >= 11 is 0. The Labute approximate surface area is 523 Å². The number of ether oxygens (including phenoxy) is 3. The number of hydrogen-bond acceptors (Lipinski definition) is 10. The number of nitrogens with one attached hydrogen (secondary N) is 1. The van der Waals surface area contributed by atoms with Gasteiger partial charge in [0.25, 0.3) is 0 Å². The number of unbranched alkanes of at least 4 members (excludes halogenated alkanes) is 43. The van der Waals surface area contributed by atoms with E-state index < -0.39 is 67.4 Å². The summed E-state index contributed by atoms with van der Waals surface area (Å²) in [6.07, 6.45) is 67.3. The van der Waals surface area contributed by atoms with Crippen LogP contribution in [0.15, 0.2) is 48.6 Å². The lowest BCUT2D eigenvalue weighted by atomic mass is 9.99. The molecule has 8 atom stereocenters. The number of amides is 1. The molecule has 11 nitrogen and oxygen atoms in total. The van der Waals surface area contributed by atoms with Gasteiger partial charge in [0, 0.05) is 6.42 Å². The Balaban J connectivity index is 2.51. The second kappa shape index (κ2) is 61.8. The summed E-state index contributed by atoms with van der Waals surface area (Å²) in [4.78, 5) is 26.7. The van der Waals surface area contributed by atoms with Crippen LogP contribution in [0.25, 0.3) is 0 Å². The number of carbonyl (C=O) groups is 2. The number of allylic oxidation sites excluding steroid dienone is 7. The van der Waals surface area contributed by atoms with E-state index >= 15 is 0 Å². The van der Waals surface area contributed by atoms with Crippen molar-refractivity contribution in [1.82, 2.24) is 5.32 Å². The summed E-state index contributed by atoms with van der Waals surface area (Å²) in [6.45, 7) is 5.80. The molecule has 0 aliphatic carbocycles. The molecule has 0 saturated carbocycles. The first-order valence-corrected chi connectivity index (χ1v) is 36.4. The van der Waals surface area contributed by atoms with E-state index in [1.807, 2.05) is 6.08 Å². The largest absolute Gasteiger partial charge is 0.454 e. The average Bonchev–Trinajstić information content (AvgIpc) is 3.51. The van der Waals surface area contributed by atoms with E-state index in [4.69, 9.17) is 14.2 Å². The first-order chi connectivity index (χ1) is 41.7. The minimum absolute atomic E-state index is 0.126.